The summed E-state index contributed by atoms with van der Waals surface area (Å²) in [5, 5.41) is 2.89. The van der Waals surface area contributed by atoms with Gasteiger partial charge < -0.3 is 9.26 Å². The van der Waals surface area contributed by atoms with Crippen LogP contribution < -0.4 is 0 Å². The number of rotatable bonds is 5. The molecule has 2 heterocycles. The number of methoxy groups -OCH3 is 1. The predicted octanol–water partition coefficient (Wildman–Crippen LogP) is 0.0323. The van der Waals surface area contributed by atoms with Crippen LogP contribution >= 0.6 is 0 Å². The molecule has 0 saturated carbocycles. The molecule has 0 amide bonds. The topological polar surface area (TPSA) is 124 Å². The molecule has 0 atom stereocenters. The number of hydrogen-bond acceptors (Lipinski definition) is 8. The summed E-state index contributed by atoms with van der Waals surface area (Å²) in [6, 6.07) is 0. The molecule has 1 aliphatic heterocycles. The van der Waals surface area contributed by atoms with Crippen LogP contribution in [0.25, 0.3) is 0 Å². The molecular formula is C13H20N2O7S2. The van der Waals surface area contributed by atoms with Gasteiger partial charge in [-0.2, -0.15) is 4.31 Å². The average Bonchev–Trinajstić information content (AvgIpc) is 2.86. The lowest BCUT2D eigenvalue weighted by atomic mass is 10.2. The van der Waals surface area contributed by atoms with Gasteiger partial charge in [-0.3, -0.25) is 4.79 Å². The molecule has 0 unspecified atom stereocenters. The van der Waals surface area contributed by atoms with E-state index in [-0.39, 0.29) is 42.3 Å². The van der Waals surface area contributed by atoms with E-state index in [4.69, 9.17) is 4.52 Å². The van der Waals surface area contributed by atoms with Crippen molar-refractivity contribution in [3.05, 3.63) is 11.5 Å². The molecule has 1 aliphatic rings. The number of sulfone groups is 1. The Hall–Kier alpha value is -1.46. The van der Waals surface area contributed by atoms with Gasteiger partial charge in [0, 0.05) is 13.1 Å². The number of carbonyl (C=O) groups excluding carboxylic acids is 1. The first kappa shape index (κ1) is 18.9. The number of nitrogens with zero attached hydrogens (tertiary/aromatic N) is 2. The van der Waals surface area contributed by atoms with E-state index >= 15 is 0 Å². The molecule has 2 rings (SSSR count). The number of piperidine rings is 1. The molecule has 1 saturated heterocycles. The van der Waals surface area contributed by atoms with Gasteiger partial charge in [0.1, 0.15) is 16.3 Å². The van der Waals surface area contributed by atoms with E-state index in [1.165, 1.54) is 18.2 Å². The lowest BCUT2D eigenvalue weighted by Gasteiger charge is -2.30. The summed E-state index contributed by atoms with van der Waals surface area (Å²) < 4.78 is 60.2. The zero-order chi connectivity index (χ0) is 18.1. The lowest BCUT2D eigenvalue weighted by molar-refractivity contribution is -0.137. The molecule has 136 valence electrons. The summed E-state index contributed by atoms with van der Waals surface area (Å²) in [5.74, 6) is -1.31. The van der Waals surface area contributed by atoms with Gasteiger partial charge in [0.05, 0.1) is 12.4 Å². The van der Waals surface area contributed by atoms with Crippen molar-refractivity contribution in [2.45, 2.75) is 36.8 Å². The van der Waals surface area contributed by atoms with E-state index in [2.05, 4.69) is 9.89 Å². The van der Waals surface area contributed by atoms with Crippen molar-refractivity contribution in [1.29, 1.82) is 0 Å². The van der Waals surface area contributed by atoms with E-state index in [0.717, 1.165) is 7.11 Å². The Bertz CT molecular complexity index is 799. The number of carbonyl (C=O) groups is 1. The maximum atomic E-state index is 12.7. The SMILES string of the molecule is COC(=O)CS(=O)(=O)C1CCN(S(=O)(=O)c2c(C)noc2C)CC1. The van der Waals surface area contributed by atoms with Gasteiger partial charge in [0.15, 0.2) is 15.6 Å². The van der Waals surface area contributed by atoms with Crippen LogP contribution in [-0.4, -0.2) is 63.5 Å². The van der Waals surface area contributed by atoms with Crippen LogP contribution in [0.2, 0.25) is 0 Å². The Morgan fingerprint density at radius 1 is 1.25 bits per heavy atom. The van der Waals surface area contributed by atoms with Crippen LogP contribution in [0.15, 0.2) is 9.42 Å². The van der Waals surface area contributed by atoms with E-state index in [0.29, 0.717) is 0 Å². The van der Waals surface area contributed by atoms with Crippen LogP contribution in [0.3, 0.4) is 0 Å². The van der Waals surface area contributed by atoms with Crippen molar-refractivity contribution in [3.8, 4) is 0 Å². The molecule has 9 nitrogen and oxygen atoms in total. The summed E-state index contributed by atoms with van der Waals surface area (Å²) in [6.45, 7) is 3.16. The number of ether oxygens (including phenoxy) is 1. The van der Waals surface area contributed by atoms with E-state index in [9.17, 15) is 21.6 Å². The van der Waals surface area contributed by atoms with Crippen molar-refractivity contribution in [3.63, 3.8) is 0 Å². The Labute approximate surface area is 140 Å². The first-order chi connectivity index (χ1) is 11.1. The Morgan fingerprint density at radius 3 is 2.29 bits per heavy atom. The summed E-state index contributed by atoms with van der Waals surface area (Å²) in [7, 11) is -6.32. The van der Waals surface area contributed by atoms with Gasteiger partial charge in [0.2, 0.25) is 10.0 Å². The second kappa shape index (κ2) is 6.81. The zero-order valence-corrected chi connectivity index (χ0v) is 15.3. The predicted molar refractivity (Wildman–Crippen MR) is 83.6 cm³/mol. The number of hydrogen-bond donors (Lipinski definition) is 0. The first-order valence-corrected chi connectivity index (χ1v) is 10.5. The summed E-state index contributed by atoms with van der Waals surface area (Å²) >= 11 is 0. The van der Waals surface area contributed by atoms with Crippen molar-refractivity contribution >= 4 is 25.8 Å². The van der Waals surface area contributed by atoms with Gasteiger partial charge in [-0.15, -0.1) is 0 Å². The number of aromatic nitrogens is 1. The van der Waals surface area contributed by atoms with Crippen LogP contribution in [0, 0.1) is 13.8 Å². The van der Waals surface area contributed by atoms with Crippen molar-refractivity contribution in [1.82, 2.24) is 9.46 Å². The fourth-order valence-electron chi connectivity index (χ4n) is 2.74. The Balaban J connectivity index is 2.12. The third-order valence-electron chi connectivity index (χ3n) is 4.02. The highest BCUT2D eigenvalue weighted by Gasteiger charge is 2.38. The minimum absolute atomic E-state index is 0.0263. The maximum absolute atomic E-state index is 12.7. The molecule has 1 fully saturated rings. The third-order valence-corrected chi connectivity index (χ3v) is 8.29. The molecule has 0 aromatic carbocycles. The number of sulfonamides is 1. The smallest absolute Gasteiger partial charge is 0.320 e. The standard InChI is InChI=1S/C13H20N2O7S2/c1-9-13(10(2)22-14-9)24(19,20)15-6-4-11(5-7-15)23(17,18)8-12(16)21-3/h11H,4-8H2,1-3H3. The highest BCUT2D eigenvalue weighted by molar-refractivity contribution is 7.92. The molecule has 0 aliphatic carbocycles. The molecule has 0 spiro atoms. The summed E-state index contributed by atoms with van der Waals surface area (Å²) in [5.41, 5.74) is 0.271. The monoisotopic (exact) mass is 380 g/mol. The second-order valence-electron chi connectivity index (χ2n) is 5.64. The molecule has 0 radical (unpaired) electrons. The van der Waals surface area contributed by atoms with Gasteiger partial charge >= 0.3 is 5.97 Å². The van der Waals surface area contributed by atoms with Crippen molar-refractivity contribution in [2.24, 2.45) is 0 Å². The molecule has 11 heteroatoms. The number of esters is 1. The molecule has 0 bridgehead atoms. The normalized spacial score (nSPS) is 17.8. The zero-order valence-electron chi connectivity index (χ0n) is 13.7. The van der Waals surface area contributed by atoms with Gasteiger partial charge in [0.25, 0.3) is 0 Å². The van der Waals surface area contributed by atoms with Crippen LogP contribution in [0.5, 0.6) is 0 Å². The molecular weight excluding hydrogens is 360 g/mol. The van der Waals surface area contributed by atoms with Gasteiger partial charge in [-0.1, -0.05) is 5.16 Å². The Morgan fingerprint density at radius 2 is 1.83 bits per heavy atom. The summed E-state index contributed by atoms with van der Waals surface area (Å²) in [6.07, 6.45) is 0.254. The summed E-state index contributed by atoms with van der Waals surface area (Å²) in [4.78, 5) is 11.2. The quantitative estimate of drug-likeness (QED) is 0.656. The highest BCUT2D eigenvalue weighted by atomic mass is 32.2. The largest absolute Gasteiger partial charge is 0.468 e. The average molecular weight is 380 g/mol. The lowest BCUT2D eigenvalue weighted by Crippen LogP contribution is -2.43. The second-order valence-corrected chi connectivity index (χ2v) is 9.80. The van der Waals surface area contributed by atoms with E-state index in [1.807, 2.05) is 0 Å². The minimum Gasteiger partial charge on any atom is -0.468 e. The maximum Gasteiger partial charge on any atom is 0.320 e. The molecule has 1 aromatic heterocycles. The van der Waals surface area contributed by atoms with Crippen LogP contribution in [-0.2, 0) is 29.4 Å². The Kier molecular flexibility index (Phi) is 5.35. The van der Waals surface area contributed by atoms with Crippen LogP contribution in [0.4, 0.5) is 0 Å². The number of aryl methyl sites for hydroxylation is 2. The van der Waals surface area contributed by atoms with Crippen molar-refractivity contribution < 1.29 is 30.9 Å². The molecule has 0 N–H and O–H groups in total. The third kappa shape index (κ3) is 3.62. The van der Waals surface area contributed by atoms with Gasteiger partial charge in [-0.25, -0.2) is 16.8 Å². The minimum atomic E-state index is -3.79. The van der Waals surface area contributed by atoms with Crippen LogP contribution in [0.1, 0.15) is 24.3 Å². The van der Waals surface area contributed by atoms with E-state index in [1.54, 1.807) is 0 Å². The van der Waals surface area contributed by atoms with Crippen molar-refractivity contribution in [2.75, 3.05) is 26.0 Å². The van der Waals surface area contributed by atoms with E-state index < -0.39 is 36.8 Å². The molecule has 1 aromatic rings. The van der Waals surface area contributed by atoms with Gasteiger partial charge in [-0.05, 0) is 26.7 Å². The fourth-order valence-corrected chi connectivity index (χ4v) is 6.12. The highest BCUT2D eigenvalue weighted by Crippen LogP contribution is 2.27. The molecule has 24 heavy (non-hydrogen) atoms. The fraction of sp³-hybridized carbons (Fsp3) is 0.692. The first-order valence-electron chi connectivity index (χ1n) is 7.31.